The van der Waals surface area contributed by atoms with Gasteiger partial charge in [-0.2, -0.15) is 0 Å². The van der Waals surface area contributed by atoms with Crippen LogP contribution in [0.1, 0.15) is 29.3 Å². The second kappa shape index (κ2) is 8.94. The van der Waals surface area contributed by atoms with Crippen molar-refractivity contribution in [2.45, 2.75) is 19.9 Å². The number of aromatic nitrogens is 1. The van der Waals surface area contributed by atoms with E-state index in [1.54, 1.807) is 6.08 Å². The zero-order valence-electron chi connectivity index (χ0n) is 16.8. The first-order valence-electron chi connectivity index (χ1n) is 9.95. The van der Waals surface area contributed by atoms with Crippen LogP contribution in [0, 0.1) is 0 Å². The van der Waals surface area contributed by atoms with Gasteiger partial charge in [-0.15, -0.1) is 0 Å². The van der Waals surface area contributed by atoms with Gasteiger partial charge < -0.3 is 9.22 Å². The molecule has 4 rings (SSSR count). The molecule has 0 bridgehead atoms. The normalized spacial score (nSPS) is 11.5. The lowest BCUT2D eigenvalue weighted by Gasteiger charge is -2.08. The molecule has 0 amide bonds. The second-order valence-corrected chi connectivity index (χ2v) is 7.60. The molecule has 31 heavy (non-hydrogen) atoms. The van der Waals surface area contributed by atoms with Crippen LogP contribution >= 0.6 is 11.6 Å². The first-order chi connectivity index (χ1) is 15.0. The highest BCUT2D eigenvalue weighted by atomic mass is 35.5. The predicted octanol–water partition coefficient (Wildman–Crippen LogP) is 7.06. The number of allylic oxidation sites excluding steroid dienone is 1. The Balaban J connectivity index is 1.70. The minimum atomic E-state index is -3.03. The molecule has 0 saturated carbocycles. The molecule has 156 valence electrons. The third-order valence-corrected chi connectivity index (χ3v) is 5.33. The second-order valence-electron chi connectivity index (χ2n) is 7.16. The van der Waals surface area contributed by atoms with Gasteiger partial charge in [0.05, 0.1) is 5.56 Å². The van der Waals surface area contributed by atoms with Gasteiger partial charge in [-0.1, -0.05) is 48.9 Å². The van der Waals surface area contributed by atoms with Crippen molar-refractivity contribution < 1.29 is 18.1 Å². The number of benzene rings is 3. The minimum absolute atomic E-state index is 0.00956. The summed E-state index contributed by atoms with van der Waals surface area (Å²) in [6.45, 7) is 3.06. The molecule has 3 nitrogen and oxygen atoms in total. The monoisotopic (exact) mass is 437 g/mol. The lowest BCUT2D eigenvalue weighted by atomic mass is 10.1. The summed E-state index contributed by atoms with van der Waals surface area (Å²) in [5.74, 6) is -0.668. The molecule has 0 fully saturated rings. The molecule has 7 heteroatoms. The van der Waals surface area contributed by atoms with E-state index in [1.165, 1.54) is 29.8 Å². The standard InChI is InChI=1S/C24H19BClF2NO2/c1-2-13-29-21-6-4-3-5-18(21)19-14-16(7-10-22(19)29)8-11-23(30)20-15-17(26)9-12-24(20)31-25(27)28/h3-12,14-15H,2,13H2,1H3/b11-8+. The number of hydrogen-bond donors (Lipinski definition) is 0. The zero-order valence-corrected chi connectivity index (χ0v) is 17.6. The highest BCUT2D eigenvalue weighted by Crippen LogP contribution is 2.30. The molecular weight excluding hydrogens is 419 g/mol. The van der Waals surface area contributed by atoms with Gasteiger partial charge >= 0.3 is 7.47 Å². The van der Waals surface area contributed by atoms with E-state index in [0.29, 0.717) is 0 Å². The van der Waals surface area contributed by atoms with E-state index in [0.717, 1.165) is 34.8 Å². The third kappa shape index (κ3) is 4.35. The van der Waals surface area contributed by atoms with Crippen LogP contribution in [0.15, 0.2) is 66.7 Å². The molecule has 0 atom stereocenters. The molecule has 0 aliphatic carbocycles. The molecule has 4 aromatic rings. The average Bonchev–Trinajstić information content (AvgIpc) is 3.06. The van der Waals surface area contributed by atoms with Crippen LogP contribution in [-0.4, -0.2) is 17.8 Å². The minimum Gasteiger partial charge on any atom is -0.505 e. The number of fused-ring (bicyclic) bond motifs is 3. The van der Waals surface area contributed by atoms with Gasteiger partial charge in [0.25, 0.3) is 0 Å². The Kier molecular flexibility index (Phi) is 6.09. The molecule has 0 spiro atoms. The van der Waals surface area contributed by atoms with Crippen molar-refractivity contribution in [3.63, 3.8) is 0 Å². The maximum atomic E-state index is 12.7. The molecule has 0 aliphatic rings. The number of nitrogens with zero attached hydrogens (tertiary/aromatic N) is 1. The first-order valence-corrected chi connectivity index (χ1v) is 10.3. The number of carbonyl (C=O) groups is 1. The maximum Gasteiger partial charge on any atom is 0.796 e. The van der Waals surface area contributed by atoms with Gasteiger partial charge in [-0.05, 0) is 54.5 Å². The Morgan fingerprint density at radius 1 is 1.06 bits per heavy atom. The van der Waals surface area contributed by atoms with Gasteiger partial charge in [-0.3, -0.25) is 4.79 Å². The van der Waals surface area contributed by atoms with Crippen LogP contribution < -0.4 is 4.65 Å². The lowest BCUT2D eigenvalue weighted by molar-refractivity contribution is 0.104. The molecule has 3 aromatic carbocycles. The summed E-state index contributed by atoms with van der Waals surface area (Å²) in [5.41, 5.74) is 3.13. The summed E-state index contributed by atoms with van der Waals surface area (Å²) in [4.78, 5) is 12.7. The quantitative estimate of drug-likeness (QED) is 0.176. The van der Waals surface area contributed by atoms with E-state index in [2.05, 4.69) is 28.3 Å². The number of aryl methyl sites for hydroxylation is 1. The summed E-state index contributed by atoms with van der Waals surface area (Å²) in [5, 5.41) is 2.52. The Morgan fingerprint density at radius 3 is 2.61 bits per heavy atom. The van der Waals surface area contributed by atoms with Crippen molar-refractivity contribution in [3.05, 3.63) is 82.9 Å². The summed E-state index contributed by atoms with van der Waals surface area (Å²) in [6, 6.07) is 18.2. The molecule has 0 N–H and O–H groups in total. The predicted molar refractivity (Wildman–Crippen MR) is 123 cm³/mol. The van der Waals surface area contributed by atoms with Gasteiger partial charge in [0.2, 0.25) is 0 Å². The Hall–Kier alpha value is -3.12. The number of para-hydroxylation sites is 1. The lowest BCUT2D eigenvalue weighted by Crippen LogP contribution is -2.11. The van der Waals surface area contributed by atoms with Crippen molar-refractivity contribution in [2.24, 2.45) is 0 Å². The molecular formula is C24H19BClF2NO2. The van der Waals surface area contributed by atoms with Crippen LogP contribution in [0.3, 0.4) is 0 Å². The molecule has 0 aliphatic heterocycles. The van der Waals surface area contributed by atoms with Crippen molar-refractivity contribution >= 4 is 52.7 Å². The summed E-state index contributed by atoms with van der Waals surface area (Å²) >= 11 is 5.94. The van der Waals surface area contributed by atoms with E-state index < -0.39 is 13.3 Å². The molecule has 0 radical (unpaired) electrons. The van der Waals surface area contributed by atoms with Crippen molar-refractivity contribution in [1.29, 1.82) is 0 Å². The van der Waals surface area contributed by atoms with Crippen molar-refractivity contribution in [1.82, 2.24) is 4.57 Å². The van der Waals surface area contributed by atoms with Crippen LogP contribution in [0.25, 0.3) is 27.9 Å². The van der Waals surface area contributed by atoms with Gasteiger partial charge in [0.15, 0.2) is 5.78 Å². The number of carbonyl (C=O) groups excluding carboxylic acids is 1. The average molecular weight is 438 g/mol. The van der Waals surface area contributed by atoms with E-state index in [-0.39, 0.29) is 16.3 Å². The fraction of sp³-hybridized carbons (Fsp3) is 0.125. The Labute approximate surface area is 184 Å². The van der Waals surface area contributed by atoms with E-state index >= 15 is 0 Å². The smallest absolute Gasteiger partial charge is 0.505 e. The number of rotatable bonds is 7. The highest BCUT2D eigenvalue weighted by Gasteiger charge is 2.21. The molecule has 1 heterocycles. The van der Waals surface area contributed by atoms with Crippen LogP contribution in [-0.2, 0) is 6.54 Å². The number of ketones is 1. The van der Waals surface area contributed by atoms with Crippen molar-refractivity contribution in [2.75, 3.05) is 0 Å². The largest absolute Gasteiger partial charge is 0.796 e. The SMILES string of the molecule is CCCn1c2ccccc2c2cc(/C=C/C(=O)c3cc(Cl)ccc3OB(F)F)ccc21. The fourth-order valence-electron chi connectivity index (χ4n) is 3.79. The van der Waals surface area contributed by atoms with Crippen LogP contribution in [0.5, 0.6) is 5.75 Å². The molecule has 0 saturated heterocycles. The first kappa shape index (κ1) is 21.1. The van der Waals surface area contributed by atoms with E-state index in [1.807, 2.05) is 30.3 Å². The van der Waals surface area contributed by atoms with Crippen LogP contribution in [0.4, 0.5) is 8.63 Å². The van der Waals surface area contributed by atoms with E-state index in [9.17, 15) is 13.4 Å². The number of hydrogen-bond acceptors (Lipinski definition) is 2. The summed E-state index contributed by atoms with van der Waals surface area (Å²) in [7, 11) is -3.03. The Bertz CT molecular complexity index is 1300. The topological polar surface area (TPSA) is 31.2 Å². The third-order valence-electron chi connectivity index (χ3n) is 5.09. The molecule has 1 aromatic heterocycles. The van der Waals surface area contributed by atoms with Gasteiger partial charge in [0, 0.05) is 33.4 Å². The maximum absolute atomic E-state index is 12.7. The number of halogens is 3. The summed E-state index contributed by atoms with van der Waals surface area (Å²) < 4.78 is 32.1. The van der Waals surface area contributed by atoms with Gasteiger partial charge in [0.1, 0.15) is 5.75 Å². The Morgan fingerprint density at radius 2 is 1.84 bits per heavy atom. The zero-order chi connectivity index (χ0) is 22.0. The van der Waals surface area contributed by atoms with E-state index in [4.69, 9.17) is 11.6 Å². The van der Waals surface area contributed by atoms with Gasteiger partial charge in [-0.25, -0.2) is 8.63 Å². The van der Waals surface area contributed by atoms with Crippen molar-refractivity contribution in [3.8, 4) is 5.75 Å². The fourth-order valence-corrected chi connectivity index (χ4v) is 3.97. The van der Waals surface area contributed by atoms with Crippen LogP contribution in [0.2, 0.25) is 5.02 Å². The molecule has 0 unspecified atom stereocenters. The highest BCUT2D eigenvalue weighted by molar-refractivity contribution is 6.36. The summed E-state index contributed by atoms with van der Waals surface area (Å²) in [6.07, 6.45) is 4.03.